The number of aromatic hydroxyl groups is 1. The number of carbonyl (C=O) groups excluding carboxylic acids is 1. The minimum Gasteiger partial charge on any atom is -0.508 e. The predicted molar refractivity (Wildman–Crippen MR) is 96.3 cm³/mol. The lowest BCUT2D eigenvalue weighted by atomic mass is 10.0. The van der Waals surface area contributed by atoms with Crippen LogP contribution in [0.2, 0.25) is 5.02 Å². The highest BCUT2D eigenvalue weighted by Gasteiger charge is 2.22. The molecule has 4 rings (SSSR count). The van der Waals surface area contributed by atoms with Crippen LogP contribution >= 0.6 is 11.6 Å². The number of phenols is 1. The van der Waals surface area contributed by atoms with Crippen molar-refractivity contribution in [3.05, 3.63) is 52.2 Å². The second-order valence-electron chi connectivity index (χ2n) is 5.90. The molecule has 0 bridgehead atoms. The Balaban J connectivity index is 1.83. The third-order valence-corrected chi connectivity index (χ3v) is 4.63. The molecule has 2 heterocycles. The first kappa shape index (κ1) is 16.6. The quantitative estimate of drug-likeness (QED) is 0.675. The molecule has 0 amide bonds. The van der Waals surface area contributed by atoms with E-state index in [-0.39, 0.29) is 19.1 Å². The number of aromatic amines is 1. The standard InChI is InChI=1S/C19H16ClNO5/c1-2-24-19(23)18-13(12-7-11(22)3-4-15(12)21-18)5-10-6-16-17(8-14(10)20)26-9-25-16/h3-4,6-8,21-22H,2,5,9H2,1H3. The van der Waals surface area contributed by atoms with Gasteiger partial charge in [-0.2, -0.15) is 0 Å². The number of nitrogens with one attached hydrogen (secondary N) is 1. The van der Waals surface area contributed by atoms with Crippen LogP contribution < -0.4 is 9.47 Å². The Morgan fingerprint density at radius 1 is 1.27 bits per heavy atom. The summed E-state index contributed by atoms with van der Waals surface area (Å²) < 4.78 is 15.9. The number of rotatable bonds is 4. The van der Waals surface area contributed by atoms with Crippen molar-refractivity contribution in [3.8, 4) is 17.2 Å². The lowest BCUT2D eigenvalue weighted by molar-refractivity contribution is 0.0519. The molecule has 0 unspecified atom stereocenters. The molecule has 0 aliphatic carbocycles. The van der Waals surface area contributed by atoms with Crippen molar-refractivity contribution in [1.82, 2.24) is 4.98 Å². The molecule has 1 aliphatic heterocycles. The second kappa shape index (κ2) is 6.46. The van der Waals surface area contributed by atoms with E-state index >= 15 is 0 Å². The van der Waals surface area contributed by atoms with Crippen LogP contribution in [0.15, 0.2) is 30.3 Å². The van der Waals surface area contributed by atoms with Gasteiger partial charge < -0.3 is 24.3 Å². The molecule has 7 heteroatoms. The maximum atomic E-state index is 12.4. The first-order valence-electron chi connectivity index (χ1n) is 8.15. The zero-order valence-electron chi connectivity index (χ0n) is 14.0. The molecule has 3 aromatic rings. The number of ether oxygens (including phenoxy) is 3. The van der Waals surface area contributed by atoms with E-state index < -0.39 is 5.97 Å². The molecule has 2 N–H and O–H groups in total. The maximum Gasteiger partial charge on any atom is 0.355 e. The van der Waals surface area contributed by atoms with Crippen LogP contribution in [0.4, 0.5) is 0 Å². The van der Waals surface area contributed by atoms with Crippen LogP contribution in [-0.4, -0.2) is 29.5 Å². The van der Waals surface area contributed by atoms with Crippen LogP contribution in [0.3, 0.4) is 0 Å². The average molecular weight is 374 g/mol. The Bertz CT molecular complexity index is 1010. The zero-order chi connectivity index (χ0) is 18.3. The number of H-pyrrole nitrogens is 1. The molecule has 26 heavy (non-hydrogen) atoms. The largest absolute Gasteiger partial charge is 0.508 e. The lowest BCUT2D eigenvalue weighted by Gasteiger charge is -2.08. The number of esters is 1. The third-order valence-electron chi connectivity index (χ3n) is 4.28. The molecule has 0 saturated heterocycles. The second-order valence-corrected chi connectivity index (χ2v) is 6.31. The van der Waals surface area contributed by atoms with Gasteiger partial charge in [-0.1, -0.05) is 11.6 Å². The number of hydrogen-bond donors (Lipinski definition) is 2. The van der Waals surface area contributed by atoms with E-state index in [1.165, 1.54) is 0 Å². The summed E-state index contributed by atoms with van der Waals surface area (Å²) in [5.41, 5.74) is 2.57. The highest BCUT2D eigenvalue weighted by molar-refractivity contribution is 6.31. The number of carbonyl (C=O) groups is 1. The SMILES string of the molecule is CCOC(=O)c1[nH]c2ccc(O)cc2c1Cc1cc2c(cc1Cl)OCO2. The molecule has 134 valence electrons. The van der Waals surface area contributed by atoms with Crippen molar-refractivity contribution in [2.45, 2.75) is 13.3 Å². The normalized spacial score (nSPS) is 12.5. The first-order chi connectivity index (χ1) is 12.6. The number of phenolic OH excluding ortho intramolecular Hbond substituents is 1. The van der Waals surface area contributed by atoms with Gasteiger partial charge in [0.05, 0.1) is 6.61 Å². The minimum atomic E-state index is -0.449. The molecule has 0 radical (unpaired) electrons. The molecule has 0 spiro atoms. The molecule has 6 nitrogen and oxygen atoms in total. The Hall–Kier alpha value is -2.86. The van der Waals surface area contributed by atoms with Gasteiger partial charge in [-0.25, -0.2) is 4.79 Å². The van der Waals surface area contributed by atoms with Crippen LogP contribution in [-0.2, 0) is 11.2 Å². The Morgan fingerprint density at radius 3 is 2.81 bits per heavy atom. The van der Waals surface area contributed by atoms with Gasteiger partial charge in [0, 0.05) is 28.4 Å². The molecule has 1 aliphatic rings. The minimum absolute atomic E-state index is 0.116. The summed E-state index contributed by atoms with van der Waals surface area (Å²) in [6, 6.07) is 8.41. The van der Waals surface area contributed by atoms with Crippen molar-refractivity contribution in [2.75, 3.05) is 13.4 Å². The summed E-state index contributed by atoms with van der Waals surface area (Å²) in [6.45, 7) is 2.18. The number of benzene rings is 2. The molecule has 1 aromatic heterocycles. The number of hydrogen-bond acceptors (Lipinski definition) is 5. The van der Waals surface area contributed by atoms with E-state index in [9.17, 15) is 9.90 Å². The van der Waals surface area contributed by atoms with Crippen molar-refractivity contribution >= 4 is 28.5 Å². The highest BCUT2D eigenvalue weighted by Crippen LogP contribution is 2.38. The first-order valence-corrected chi connectivity index (χ1v) is 8.53. The van der Waals surface area contributed by atoms with Gasteiger partial charge in [0.25, 0.3) is 0 Å². The summed E-state index contributed by atoms with van der Waals surface area (Å²) >= 11 is 6.39. The van der Waals surface area contributed by atoms with E-state index in [0.29, 0.717) is 34.2 Å². The van der Waals surface area contributed by atoms with Gasteiger partial charge in [-0.05, 0) is 42.3 Å². The van der Waals surface area contributed by atoms with E-state index in [0.717, 1.165) is 16.5 Å². The Morgan fingerprint density at radius 2 is 2.04 bits per heavy atom. The summed E-state index contributed by atoms with van der Waals surface area (Å²) in [4.78, 5) is 15.5. The molecular weight excluding hydrogens is 358 g/mol. The van der Waals surface area contributed by atoms with Crippen LogP contribution in [0.1, 0.15) is 28.5 Å². The van der Waals surface area contributed by atoms with Crippen molar-refractivity contribution in [1.29, 1.82) is 0 Å². The number of fused-ring (bicyclic) bond motifs is 2. The maximum absolute atomic E-state index is 12.4. The van der Waals surface area contributed by atoms with Gasteiger partial charge in [0.1, 0.15) is 11.4 Å². The average Bonchev–Trinajstić information content (AvgIpc) is 3.20. The van der Waals surface area contributed by atoms with Crippen molar-refractivity contribution < 1.29 is 24.1 Å². The van der Waals surface area contributed by atoms with Gasteiger partial charge >= 0.3 is 5.97 Å². The van der Waals surface area contributed by atoms with Gasteiger partial charge in [-0.15, -0.1) is 0 Å². The summed E-state index contributed by atoms with van der Waals surface area (Å²) in [6.07, 6.45) is 0.368. The zero-order valence-corrected chi connectivity index (χ0v) is 14.7. The monoisotopic (exact) mass is 373 g/mol. The van der Waals surface area contributed by atoms with Crippen molar-refractivity contribution in [3.63, 3.8) is 0 Å². The molecule has 0 fully saturated rings. The van der Waals surface area contributed by atoms with Crippen LogP contribution in [0.5, 0.6) is 17.2 Å². The molecule has 0 atom stereocenters. The van der Waals surface area contributed by atoms with Gasteiger partial charge in [-0.3, -0.25) is 0 Å². The fourth-order valence-corrected chi connectivity index (χ4v) is 3.30. The third kappa shape index (κ3) is 2.82. The lowest BCUT2D eigenvalue weighted by Crippen LogP contribution is -2.08. The summed E-state index contributed by atoms with van der Waals surface area (Å²) in [5, 5.41) is 11.1. The highest BCUT2D eigenvalue weighted by atomic mass is 35.5. The van der Waals surface area contributed by atoms with E-state index in [1.54, 1.807) is 37.3 Å². The molecule has 2 aromatic carbocycles. The summed E-state index contributed by atoms with van der Waals surface area (Å²) in [7, 11) is 0. The van der Waals surface area contributed by atoms with Crippen LogP contribution in [0.25, 0.3) is 10.9 Å². The van der Waals surface area contributed by atoms with Gasteiger partial charge in [0.15, 0.2) is 11.5 Å². The topological polar surface area (TPSA) is 80.8 Å². The fourth-order valence-electron chi connectivity index (χ4n) is 3.08. The predicted octanol–water partition coefficient (Wildman–Crippen LogP) is 4.02. The summed E-state index contributed by atoms with van der Waals surface area (Å²) in [5.74, 6) is 0.880. The Labute approximate surface area is 154 Å². The van der Waals surface area contributed by atoms with Crippen LogP contribution in [0, 0.1) is 0 Å². The van der Waals surface area contributed by atoms with Gasteiger partial charge in [0.2, 0.25) is 6.79 Å². The van der Waals surface area contributed by atoms with Crippen molar-refractivity contribution in [2.24, 2.45) is 0 Å². The number of aromatic nitrogens is 1. The number of halogens is 1. The van der Waals surface area contributed by atoms with E-state index in [1.807, 2.05) is 0 Å². The van der Waals surface area contributed by atoms with E-state index in [4.69, 9.17) is 25.8 Å². The Kier molecular flexibility index (Phi) is 4.12. The molecule has 0 saturated carbocycles. The van der Waals surface area contributed by atoms with E-state index in [2.05, 4.69) is 4.98 Å². The smallest absolute Gasteiger partial charge is 0.355 e. The fraction of sp³-hybridized carbons (Fsp3) is 0.211. The molecular formula is C19H16ClNO5.